The van der Waals surface area contributed by atoms with Crippen LogP contribution in [0.1, 0.15) is 0 Å². The molecule has 0 aliphatic carbocycles. The molecular weight excluding hydrogens is 260 g/mol. The topological polar surface area (TPSA) is 81.5 Å². The van der Waals surface area contributed by atoms with Crippen LogP contribution in [0.25, 0.3) is 0 Å². The van der Waals surface area contributed by atoms with E-state index < -0.39 is 4.92 Å². The van der Waals surface area contributed by atoms with E-state index in [1.165, 1.54) is 12.1 Å². The number of hydrogen-bond acceptors (Lipinski definition) is 5. The molecule has 0 spiro atoms. The first-order chi connectivity index (χ1) is 9.69. The van der Waals surface area contributed by atoms with Crippen molar-refractivity contribution < 1.29 is 14.5 Å². The number of anilines is 2. The zero-order chi connectivity index (χ0) is 14.4. The summed E-state index contributed by atoms with van der Waals surface area (Å²) < 4.78 is 5.13. The SMILES string of the molecule is O=CCOc1ccc(Nc2ccc([N+](=O)[O-])cc2)cc1. The van der Waals surface area contributed by atoms with Crippen molar-refractivity contribution >= 4 is 23.3 Å². The number of rotatable bonds is 6. The van der Waals surface area contributed by atoms with Gasteiger partial charge in [0.15, 0.2) is 6.29 Å². The first kappa shape index (κ1) is 13.5. The van der Waals surface area contributed by atoms with Gasteiger partial charge in [-0.1, -0.05) is 0 Å². The van der Waals surface area contributed by atoms with Crippen molar-refractivity contribution in [3.8, 4) is 5.75 Å². The number of nitrogens with one attached hydrogen (secondary N) is 1. The molecule has 0 saturated heterocycles. The van der Waals surface area contributed by atoms with Crippen LogP contribution in [-0.4, -0.2) is 17.8 Å². The van der Waals surface area contributed by atoms with Crippen LogP contribution >= 0.6 is 0 Å². The highest BCUT2D eigenvalue weighted by Gasteiger charge is 2.03. The lowest BCUT2D eigenvalue weighted by Gasteiger charge is -2.07. The summed E-state index contributed by atoms with van der Waals surface area (Å²) in [6, 6.07) is 13.2. The molecule has 0 heterocycles. The summed E-state index contributed by atoms with van der Waals surface area (Å²) in [6.07, 6.45) is 0.684. The van der Waals surface area contributed by atoms with Crippen molar-refractivity contribution in [1.29, 1.82) is 0 Å². The van der Waals surface area contributed by atoms with E-state index in [0.717, 1.165) is 11.4 Å². The van der Waals surface area contributed by atoms with Crippen molar-refractivity contribution in [3.63, 3.8) is 0 Å². The Morgan fingerprint density at radius 3 is 2.10 bits per heavy atom. The van der Waals surface area contributed by atoms with Crippen LogP contribution in [0.15, 0.2) is 48.5 Å². The third kappa shape index (κ3) is 3.55. The van der Waals surface area contributed by atoms with Gasteiger partial charge < -0.3 is 10.1 Å². The predicted molar refractivity (Wildman–Crippen MR) is 74.4 cm³/mol. The quantitative estimate of drug-likeness (QED) is 0.496. The number of nitro groups is 1. The lowest BCUT2D eigenvalue weighted by atomic mass is 10.2. The van der Waals surface area contributed by atoms with Gasteiger partial charge in [-0.15, -0.1) is 0 Å². The molecule has 0 amide bonds. The molecule has 2 rings (SSSR count). The smallest absolute Gasteiger partial charge is 0.269 e. The molecule has 0 aromatic heterocycles. The number of hydrogen-bond donors (Lipinski definition) is 1. The van der Waals surface area contributed by atoms with Gasteiger partial charge in [0.2, 0.25) is 0 Å². The molecule has 0 aliphatic heterocycles. The number of nitro benzene ring substituents is 1. The highest BCUT2D eigenvalue weighted by Crippen LogP contribution is 2.22. The molecule has 0 radical (unpaired) electrons. The summed E-state index contributed by atoms with van der Waals surface area (Å²) in [6.45, 7) is 0.0229. The first-order valence-electron chi connectivity index (χ1n) is 5.87. The maximum absolute atomic E-state index is 10.5. The van der Waals surface area contributed by atoms with E-state index >= 15 is 0 Å². The van der Waals surface area contributed by atoms with Crippen molar-refractivity contribution in [1.82, 2.24) is 0 Å². The van der Waals surface area contributed by atoms with E-state index in [1.54, 1.807) is 36.4 Å². The highest BCUT2D eigenvalue weighted by molar-refractivity contribution is 5.61. The van der Waals surface area contributed by atoms with Gasteiger partial charge in [-0.25, -0.2) is 0 Å². The molecular formula is C14H12N2O4. The number of ether oxygens (including phenoxy) is 1. The van der Waals surface area contributed by atoms with Gasteiger partial charge in [0.1, 0.15) is 12.4 Å². The Balaban J connectivity index is 2.02. The molecule has 0 aliphatic rings. The van der Waals surface area contributed by atoms with Crippen LogP contribution in [0.2, 0.25) is 0 Å². The fourth-order valence-corrected chi connectivity index (χ4v) is 1.60. The van der Waals surface area contributed by atoms with Crippen LogP contribution < -0.4 is 10.1 Å². The van der Waals surface area contributed by atoms with Gasteiger partial charge in [0.05, 0.1) is 4.92 Å². The Bertz CT molecular complexity index is 594. The van der Waals surface area contributed by atoms with Crippen LogP contribution in [0.4, 0.5) is 17.1 Å². The Morgan fingerprint density at radius 2 is 1.60 bits per heavy atom. The monoisotopic (exact) mass is 272 g/mol. The molecule has 1 N–H and O–H groups in total. The average Bonchev–Trinajstić information content (AvgIpc) is 2.47. The minimum absolute atomic E-state index is 0.0229. The Hall–Kier alpha value is -2.89. The lowest BCUT2D eigenvalue weighted by molar-refractivity contribution is -0.384. The molecule has 2 aromatic rings. The summed E-state index contributed by atoms with van der Waals surface area (Å²) in [5.41, 5.74) is 1.61. The molecule has 6 nitrogen and oxygen atoms in total. The highest BCUT2D eigenvalue weighted by atomic mass is 16.6. The van der Waals surface area contributed by atoms with Crippen molar-refractivity contribution in [2.24, 2.45) is 0 Å². The molecule has 0 bridgehead atoms. The van der Waals surface area contributed by atoms with Crippen LogP contribution in [0.3, 0.4) is 0 Å². The van der Waals surface area contributed by atoms with E-state index in [2.05, 4.69) is 5.32 Å². The number of non-ortho nitro benzene ring substituents is 1. The fraction of sp³-hybridized carbons (Fsp3) is 0.0714. The molecule has 20 heavy (non-hydrogen) atoms. The Kier molecular flexibility index (Phi) is 4.28. The average molecular weight is 272 g/mol. The summed E-state index contributed by atoms with van der Waals surface area (Å²) in [4.78, 5) is 20.3. The minimum atomic E-state index is -0.442. The van der Waals surface area contributed by atoms with Crippen LogP contribution in [0, 0.1) is 10.1 Å². The first-order valence-corrected chi connectivity index (χ1v) is 5.87. The third-order valence-electron chi connectivity index (χ3n) is 2.54. The summed E-state index contributed by atoms with van der Waals surface area (Å²) >= 11 is 0. The van der Waals surface area contributed by atoms with E-state index in [1.807, 2.05) is 0 Å². The van der Waals surface area contributed by atoms with E-state index in [9.17, 15) is 14.9 Å². The third-order valence-corrected chi connectivity index (χ3v) is 2.54. The molecule has 2 aromatic carbocycles. The van der Waals surface area contributed by atoms with Crippen molar-refractivity contribution in [2.45, 2.75) is 0 Å². The zero-order valence-electron chi connectivity index (χ0n) is 10.5. The second kappa shape index (κ2) is 6.33. The van der Waals surface area contributed by atoms with E-state index in [4.69, 9.17) is 4.74 Å². The lowest BCUT2D eigenvalue weighted by Crippen LogP contribution is -1.97. The molecule has 102 valence electrons. The summed E-state index contributed by atoms with van der Waals surface area (Å²) in [5.74, 6) is 0.603. The number of carbonyl (C=O) groups excluding carboxylic acids is 1. The Morgan fingerprint density at radius 1 is 1.05 bits per heavy atom. The van der Waals surface area contributed by atoms with Crippen molar-refractivity contribution in [2.75, 3.05) is 11.9 Å². The standard InChI is InChI=1S/C14H12N2O4/c17-9-10-20-14-7-3-12(4-8-14)15-11-1-5-13(6-2-11)16(18)19/h1-9,15H,10H2. The van der Waals surface area contributed by atoms with E-state index in [-0.39, 0.29) is 12.3 Å². The van der Waals surface area contributed by atoms with Crippen LogP contribution in [-0.2, 0) is 4.79 Å². The predicted octanol–water partition coefficient (Wildman–Crippen LogP) is 2.92. The molecule has 6 heteroatoms. The molecule has 0 fully saturated rings. The van der Waals surface area contributed by atoms with Gasteiger partial charge in [-0.3, -0.25) is 14.9 Å². The maximum atomic E-state index is 10.5. The largest absolute Gasteiger partial charge is 0.486 e. The maximum Gasteiger partial charge on any atom is 0.269 e. The minimum Gasteiger partial charge on any atom is -0.486 e. The summed E-state index contributed by atoms with van der Waals surface area (Å²) in [5, 5.41) is 13.6. The normalized spacial score (nSPS) is 9.80. The zero-order valence-corrected chi connectivity index (χ0v) is 10.5. The number of nitrogens with zero attached hydrogens (tertiary/aromatic N) is 1. The molecule has 0 unspecified atom stereocenters. The second-order valence-electron chi connectivity index (χ2n) is 3.93. The van der Waals surface area contributed by atoms with Gasteiger partial charge >= 0.3 is 0 Å². The van der Waals surface area contributed by atoms with Gasteiger partial charge in [-0.2, -0.15) is 0 Å². The van der Waals surface area contributed by atoms with Gasteiger partial charge in [0.25, 0.3) is 5.69 Å². The van der Waals surface area contributed by atoms with Crippen LogP contribution in [0.5, 0.6) is 5.75 Å². The number of carbonyl (C=O) groups is 1. The van der Waals surface area contributed by atoms with Gasteiger partial charge in [-0.05, 0) is 36.4 Å². The Labute approximate surface area is 115 Å². The molecule has 0 atom stereocenters. The number of benzene rings is 2. The van der Waals surface area contributed by atoms with Crippen molar-refractivity contribution in [3.05, 3.63) is 58.6 Å². The fourth-order valence-electron chi connectivity index (χ4n) is 1.60. The number of aldehydes is 1. The second-order valence-corrected chi connectivity index (χ2v) is 3.93. The summed E-state index contributed by atoms with van der Waals surface area (Å²) in [7, 11) is 0. The molecule has 0 saturated carbocycles. The van der Waals surface area contributed by atoms with Gasteiger partial charge in [0, 0.05) is 23.5 Å². The van der Waals surface area contributed by atoms with E-state index in [0.29, 0.717) is 12.0 Å².